The largest absolute Gasteiger partial charge is 0.465 e. The lowest BCUT2D eigenvalue weighted by Gasteiger charge is -2.15. The standard InChI is InChI=1S/C18H17N3O5S2/c22-18(23)20-15(10-12-6-8-14(9-7-12)21-28(24,25)26)17-19-16(11-27-17)13-4-2-1-3-5-13/h1-9,11,15,20-21H,10H2,(H,22,23)(H,24,25,26)/t15-/m0/s1. The highest BCUT2D eigenvalue weighted by atomic mass is 32.2. The van der Waals surface area contributed by atoms with Crippen molar-refractivity contribution in [1.82, 2.24) is 10.3 Å². The van der Waals surface area contributed by atoms with Gasteiger partial charge in [0, 0.05) is 10.9 Å². The van der Waals surface area contributed by atoms with Gasteiger partial charge in [-0.25, -0.2) is 9.78 Å². The van der Waals surface area contributed by atoms with Gasteiger partial charge in [-0.2, -0.15) is 8.42 Å². The Hall–Kier alpha value is -2.95. The van der Waals surface area contributed by atoms with E-state index in [4.69, 9.17) is 4.55 Å². The molecule has 10 heteroatoms. The Morgan fingerprint density at radius 2 is 1.79 bits per heavy atom. The predicted molar refractivity (Wildman–Crippen MR) is 107 cm³/mol. The van der Waals surface area contributed by atoms with Crippen LogP contribution in [0.4, 0.5) is 10.5 Å². The molecule has 0 spiro atoms. The summed E-state index contributed by atoms with van der Waals surface area (Å²) in [4.78, 5) is 15.8. The second kappa shape index (κ2) is 8.38. The van der Waals surface area contributed by atoms with Crippen molar-refractivity contribution in [3.8, 4) is 11.3 Å². The minimum atomic E-state index is -4.34. The molecule has 0 saturated heterocycles. The quantitative estimate of drug-likeness (QED) is 0.433. The van der Waals surface area contributed by atoms with Crippen molar-refractivity contribution in [3.63, 3.8) is 0 Å². The lowest BCUT2D eigenvalue weighted by molar-refractivity contribution is 0.189. The van der Waals surface area contributed by atoms with Crippen LogP contribution in [0.5, 0.6) is 0 Å². The van der Waals surface area contributed by atoms with Gasteiger partial charge in [0.05, 0.1) is 17.4 Å². The molecule has 1 aromatic heterocycles. The van der Waals surface area contributed by atoms with Gasteiger partial charge < -0.3 is 10.4 Å². The summed E-state index contributed by atoms with van der Waals surface area (Å²) in [5.41, 5.74) is 2.69. The van der Waals surface area contributed by atoms with E-state index < -0.39 is 22.4 Å². The van der Waals surface area contributed by atoms with Crippen LogP contribution in [0.2, 0.25) is 0 Å². The van der Waals surface area contributed by atoms with E-state index in [9.17, 15) is 18.3 Å². The molecule has 0 fully saturated rings. The van der Waals surface area contributed by atoms with Crippen LogP contribution in [0.15, 0.2) is 60.0 Å². The molecule has 0 saturated carbocycles. The lowest BCUT2D eigenvalue weighted by atomic mass is 10.1. The first-order valence-electron chi connectivity index (χ1n) is 8.14. The van der Waals surface area contributed by atoms with Gasteiger partial charge in [-0.1, -0.05) is 42.5 Å². The van der Waals surface area contributed by atoms with Gasteiger partial charge >= 0.3 is 16.4 Å². The van der Waals surface area contributed by atoms with Crippen LogP contribution in [0.25, 0.3) is 11.3 Å². The molecule has 146 valence electrons. The number of amides is 1. The Morgan fingerprint density at radius 1 is 1.11 bits per heavy atom. The molecular weight excluding hydrogens is 402 g/mol. The number of carboxylic acid groups (broad SMARTS) is 1. The number of hydrogen-bond acceptors (Lipinski definition) is 5. The molecule has 3 rings (SSSR count). The Kier molecular flexibility index (Phi) is 5.93. The van der Waals surface area contributed by atoms with E-state index in [0.717, 1.165) is 16.8 Å². The van der Waals surface area contributed by atoms with Crippen LogP contribution in [0.3, 0.4) is 0 Å². The maximum absolute atomic E-state index is 11.2. The van der Waals surface area contributed by atoms with E-state index in [-0.39, 0.29) is 5.69 Å². The number of benzene rings is 2. The summed E-state index contributed by atoms with van der Waals surface area (Å²) in [6.45, 7) is 0. The zero-order chi connectivity index (χ0) is 20.1. The molecular formula is C18H17N3O5S2. The van der Waals surface area contributed by atoms with Gasteiger partial charge in [0.1, 0.15) is 5.01 Å². The minimum Gasteiger partial charge on any atom is -0.465 e. The van der Waals surface area contributed by atoms with Gasteiger partial charge in [-0.3, -0.25) is 9.27 Å². The number of rotatable bonds is 7. The van der Waals surface area contributed by atoms with Crippen LogP contribution in [0.1, 0.15) is 16.6 Å². The molecule has 0 aliphatic heterocycles. The topological polar surface area (TPSA) is 129 Å². The Labute approximate surface area is 165 Å². The van der Waals surface area contributed by atoms with E-state index in [1.165, 1.54) is 23.5 Å². The van der Waals surface area contributed by atoms with Crippen molar-refractivity contribution in [2.24, 2.45) is 0 Å². The first kappa shape index (κ1) is 19.8. The van der Waals surface area contributed by atoms with Gasteiger partial charge in [0.2, 0.25) is 0 Å². The molecule has 0 bridgehead atoms. The number of nitrogens with zero attached hydrogens (tertiary/aromatic N) is 1. The molecule has 1 amide bonds. The summed E-state index contributed by atoms with van der Waals surface area (Å²) in [6, 6.07) is 15.3. The third-order valence-corrected chi connectivity index (χ3v) is 5.28. The Bertz CT molecular complexity index is 1050. The second-order valence-corrected chi connectivity index (χ2v) is 7.96. The van der Waals surface area contributed by atoms with Gasteiger partial charge in [0.25, 0.3) is 0 Å². The number of nitrogens with one attached hydrogen (secondary N) is 2. The summed E-state index contributed by atoms with van der Waals surface area (Å²) in [5, 5.41) is 14.2. The molecule has 0 aliphatic carbocycles. The van der Waals surface area contributed by atoms with Crippen molar-refractivity contribution in [2.45, 2.75) is 12.5 Å². The molecule has 28 heavy (non-hydrogen) atoms. The van der Waals surface area contributed by atoms with Crippen LogP contribution in [0, 0.1) is 0 Å². The fourth-order valence-electron chi connectivity index (χ4n) is 2.63. The first-order valence-corrected chi connectivity index (χ1v) is 10.5. The number of aromatic nitrogens is 1. The molecule has 8 nitrogen and oxygen atoms in total. The Morgan fingerprint density at radius 3 is 2.39 bits per heavy atom. The maximum Gasteiger partial charge on any atom is 0.405 e. The molecule has 1 heterocycles. The van der Waals surface area contributed by atoms with E-state index in [1.54, 1.807) is 12.1 Å². The molecule has 3 aromatic rings. The van der Waals surface area contributed by atoms with Crippen molar-refractivity contribution in [2.75, 3.05) is 4.72 Å². The van der Waals surface area contributed by atoms with Crippen LogP contribution in [-0.4, -0.2) is 29.2 Å². The highest BCUT2D eigenvalue weighted by molar-refractivity contribution is 7.87. The van der Waals surface area contributed by atoms with Crippen molar-refractivity contribution in [1.29, 1.82) is 0 Å². The Balaban J connectivity index is 1.79. The molecule has 4 N–H and O–H groups in total. The maximum atomic E-state index is 11.2. The van der Waals surface area contributed by atoms with Gasteiger partial charge in [-0.05, 0) is 24.1 Å². The zero-order valence-corrected chi connectivity index (χ0v) is 16.1. The van der Waals surface area contributed by atoms with Gasteiger partial charge in [0.15, 0.2) is 0 Å². The summed E-state index contributed by atoms with van der Waals surface area (Å²) < 4.78 is 32.5. The van der Waals surface area contributed by atoms with Gasteiger partial charge in [-0.15, -0.1) is 11.3 Å². The fourth-order valence-corrected chi connectivity index (χ4v) is 3.94. The molecule has 0 unspecified atom stereocenters. The highest BCUT2D eigenvalue weighted by Crippen LogP contribution is 2.27. The first-order chi connectivity index (χ1) is 13.3. The minimum absolute atomic E-state index is 0.203. The van der Waals surface area contributed by atoms with E-state index in [1.807, 2.05) is 40.4 Å². The average Bonchev–Trinajstić information content (AvgIpc) is 3.12. The summed E-state index contributed by atoms with van der Waals surface area (Å²) >= 11 is 1.36. The highest BCUT2D eigenvalue weighted by Gasteiger charge is 2.19. The SMILES string of the molecule is O=C(O)N[C@@H](Cc1ccc(NS(=O)(=O)O)cc1)c1nc(-c2ccccc2)cs1. The monoisotopic (exact) mass is 419 g/mol. The van der Waals surface area contributed by atoms with Crippen LogP contribution < -0.4 is 10.0 Å². The van der Waals surface area contributed by atoms with Crippen LogP contribution >= 0.6 is 11.3 Å². The number of thiazole rings is 1. The van der Waals surface area contributed by atoms with E-state index in [0.29, 0.717) is 11.4 Å². The summed E-state index contributed by atoms with van der Waals surface area (Å²) in [5.74, 6) is 0. The molecule has 2 aromatic carbocycles. The normalized spacial score (nSPS) is 12.3. The molecule has 0 radical (unpaired) electrons. The third-order valence-electron chi connectivity index (χ3n) is 3.83. The number of hydrogen-bond donors (Lipinski definition) is 4. The third kappa shape index (κ3) is 5.52. The van der Waals surface area contributed by atoms with E-state index in [2.05, 4.69) is 10.3 Å². The van der Waals surface area contributed by atoms with E-state index >= 15 is 0 Å². The number of carbonyl (C=O) groups is 1. The fraction of sp³-hybridized carbons (Fsp3) is 0.111. The summed E-state index contributed by atoms with van der Waals surface area (Å²) in [7, 11) is -4.34. The van der Waals surface area contributed by atoms with Crippen molar-refractivity contribution >= 4 is 33.4 Å². The lowest BCUT2D eigenvalue weighted by Crippen LogP contribution is -2.28. The molecule has 1 atom stereocenters. The van der Waals surface area contributed by atoms with Crippen LogP contribution in [-0.2, 0) is 16.7 Å². The zero-order valence-electron chi connectivity index (χ0n) is 14.4. The average molecular weight is 419 g/mol. The number of anilines is 1. The predicted octanol–water partition coefficient (Wildman–Crippen LogP) is 3.58. The van der Waals surface area contributed by atoms with Crippen molar-refractivity contribution < 1.29 is 22.9 Å². The second-order valence-electron chi connectivity index (χ2n) is 5.92. The molecule has 0 aliphatic rings. The van der Waals surface area contributed by atoms with Crippen molar-refractivity contribution in [3.05, 3.63) is 70.5 Å². The smallest absolute Gasteiger partial charge is 0.405 e. The summed E-state index contributed by atoms with van der Waals surface area (Å²) in [6.07, 6.45) is -0.827.